The molecule has 0 bridgehead atoms. The number of para-hydroxylation sites is 1. The van der Waals surface area contributed by atoms with Crippen molar-refractivity contribution in [1.82, 2.24) is 0 Å². The van der Waals surface area contributed by atoms with Crippen LogP contribution in [0.2, 0.25) is 0 Å². The molecule has 0 spiro atoms. The van der Waals surface area contributed by atoms with E-state index in [2.05, 4.69) is 5.32 Å². The lowest BCUT2D eigenvalue weighted by Crippen LogP contribution is -2.20. The van der Waals surface area contributed by atoms with Gasteiger partial charge in [0.1, 0.15) is 16.6 Å². The quantitative estimate of drug-likeness (QED) is 0.760. The number of nitrogens with zero attached hydrogens (tertiary/aromatic N) is 1. The third-order valence-electron chi connectivity index (χ3n) is 3.32. The summed E-state index contributed by atoms with van der Waals surface area (Å²) in [6.07, 6.45) is 0. The van der Waals surface area contributed by atoms with Crippen LogP contribution >= 0.6 is 11.3 Å². The van der Waals surface area contributed by atoms with Gasteiger partial charge in [-0.3, -0.25) is 10.2 Å². The molecule has 2 aromatic heterocycles. The fraction of sp³-hybridized carbons (Fsp3) is 0.118. The normalized spacial score (nSPS) is 10.3. The van der Waals surface area contributed by atoms with E-state index < -0.39 is 5.91 Å². The molecule has 3 aromatic rings. The van der Waals surface area contributed by atoms with E-state index in [1.54, 1.807) is 35.7 Å². The number of amides is 1. The number of anilines is 1. The Morgan fingerprint density at radius 1 is 1.46 bits per heavy atom. The maximum absolute atomic E-state index is 12.4. The molecule has 24 heavy (non-hydrogen) atoms. The van der Waals surface area contributed by atoms with Crippen LogP contribution in [-0.2, 0) is 0 Å². The molecule has 0 unspecified atom stereocenters. The van der Waals surface area contributed by atoms with Gasteiger partial charge in [-0.25, -0.2) is 0 Å². The molecule has 0 aliphatic carbocycles. The average Bonchev–Trinajstić information content (AvgIpc) is 3.02. The van der Waals surface area contributed by atoms with Crippen LogP contribution in [-0.4, -0.2) is 12.5 Å². The topological polar surface area (TPSA) is 99.1 Å². The standard InChI is InChI=1S/C17H13N3O3S/c1-2-22-13-5-3-4-10-8-12(15(19)23-14(10)13)16(21)20-17-11(9-18)6-7-24-17/h3-8,19H,2H2,1H3,(H,20,21). The first-order chi connectivity index (χ1) is 11.6. The van der Waals surface area contributed by atoms with E-state index in [1.165, 1.54) is 11.3 Å². The molecule has 1 aromatic carbocycles. The predicted molar refractivity (Wildman–Crippen MR) is 90.2 cm³/mol. The maximum atomic E-state index is 12.4. The second-order valence-electron chi connectivity index (χ2n) is 4.83. The second-order valence-corrected chi connectivity index (χ2v) is 5.74. The van der Waals surface area contributed by atoms with Crippen LogP contribution in [0.4, 0.5) is 5.00 Å². The second kappa shape index (κ2) is 6.56. The number of benzene rings is 1. The zero-order chi connectivity index (χ0) is 17.1. The van der Waals surface area contributed by atoms with E-state index in [9.17, 15) is 4.79 Å². The maximum Gasteiger partial charge on any atom is 0.261 e. The molecule has 1 amide bonds. The summed E-state index contributed by atoms with van der Waals surface area (Å²) >= 11 is 1.25. The first-order valence-electron chi connectivity index (χ1n) is 7.17. The molecule has 0 aliphatic rings. The summed E-state index contributed by atoms with van der Waals surface area (Å²) in [4.78, 5) is 12.4. The van der Waals surface area contributed by atoms with E-state index in [-0.39, 0.29) is 11.1 Å². The molecule has 3 rings (SSSR count). The van der Waals surface area contributed by atoms with Crippen LogP contribution < -0.4 is 15.6 Å². The number of hydrogen-bond donors (Lipinski definition) is 2. The fourth-order valence-electron chi connectivity index (χ4n) is 2.24. The minimum Gasteiger partial charge on any atom is -0.490 e. The fourth-order valence-corrected chi connectivity index (χ4v) is 2.97. The minimum absolute atomic E-state index is 0.0911. The third kappa shape index (κ3) is 2.87. The Hall–Kier alpha value is -3.11. The molecule has 0 saturated heterocycles. The van der Waals surface area contributed by atoms with Crippen molar-refractivity contribution >= 4 is 33.2 Å². The number of ether oxygens (including phenoxy) is 1. The average molecular weight is 339 g/mol. The van der Waals surface area contributed by atoms with Crippen molar-refractivity contribution in [3.8, 4) is 11.8 Å². The predicted octanol–water partition coefficient (Wildman–Crippen LogP) is 3.50. The number of carbonyl (C=O) groups excluding carboxylic acids is 1. The summed E-state index contributed by atoms with van der Waals surface area (Å²) in [5.41, 5.74) is 0.640. The van der Waals surface area contributed by atoms with Gasteiger partial charge in [0.25, 0.3) is 5.91 Å². The molecule has 0 atom stereocenters. The van der Waals surface area contributed by atoms with Gasteiger partial charge in [-0.05, 0) is 30.5 Å². The molecule has 0 saturated carbocycles. The monoisotopic (exact) mass is 339 g/mol. The van der Waals surface area contributed by atoms with Crippen molar-refractivity contribution in [2.24, 2.45) is 0 Å². The molecular formula is C17H13N3O3S. The van der Waals surface area contributed by atoms with Gasteiger partial charge in [0.2, 0.25) is 5.55 Å². The summed E-state index contributed by atoms with van der Waals surface area (Å²) < 4.78 is 11.0. The number of fused-ring (bicyclic) bond motifs is 1. The van der Waals surface area contributed by atoms with Crippen LogP contribution in [0.15, 0.2) is 40.1 Å². The highest BCUT2D eigenvalue weighted by Gasteiger charge is 2.15. The lowest BCUT2D eigenvalue weighted by molar-refractivity contribution is 0.102. The Balaban J connectivity index is 2.01. The SMILES string of the molecule is CCOc1cccc2cc(C(=O)Nc3sccc3C#N)c(=N)oc12. The summed E-state index contributed by atoms with van der Waals surface area (Å²) in [6.45, 7) is 2.33. The molecule has 0 fully saturated rings. The van der Waals surface area contributed by atoms with Crippen LogP contribution in [0.1, 0.15) is 22.8 Å². The highest BCUT2D eigenvalue weighted by Crippen LogP contribution is 2.26. The van der Waals surface area contributed by atoms with Crippen molar-refractivity contribution in [1.29, 1.82) is 10.7 Å². The van der Waals surface area contributed by atoms with Crippen LogP contribution in [0.3, 0.4) is 0 Å². The molecule has 7 heteroatoms. The van der Waals surface area contributed by atoms with Crippen molar-refractivity contribution in [3.63, 3.8) is 0 Å². The van der Waals surface area contributed by atoms with Gasteiger partial charge in [-0.1, -0.05) is 12.1 Å². The number of carbonyl (C=O) groups is 1. The Bertz CT molecular complexity index is 1010. The number of nitriles is 1. The lowest BCUT2D eigenvalue weighted by atomic mass is 10.1. The zero-order valence-corrected chi connectivity index (χ0v) is 13.6. The molecule has 6 nitrogen and oxygen atoms in total. The van der Waals surface area contributed by atoms with Gasteiger partial charge in [0.15, 0.2) is 11.3 Å². The van der Waals surface area contributed by atoms with Crippen molar-refractivity contribution in [3.05, 3.63) is 52.4 Å². The Morgan fingerprint density at radius 2 is 2.29 bits per heavy atom. The molecule has 2 heterocycles. The summed E-state index contributed by atoms with van der Waals surface area (Å²) in [5.74, 6) is 0.0342. The van der Waals surface area contributed by atoms with Crippen molar-refractivity contribution in [2.75, 3.05) is 11.9 Å². The van der Waals surface area contributed by atoms with Crippen LogP contribution in [0.5, 0.6) is 5.75 Å². The van der Waals surface area contributed by atoms with Gasteiger partial charge in [-0.15, -0.1) is 11.3 Å². The molecule has 2 N–H and O–H groups in total. The van der Waals surface area contributed by atoms with Gasteiger partial charge in [-0.2, -0.15) is 5.26 Å². The van der Waals surface area contributed by atoms with Crippen molar-refractivity contribution < 1.29 is 13.9 Å². The lowest BCUT2D eigenvalue weighted by Gasteiger charge is -2.08. The number of rotatable bonds is 4. The van der Waals surface area contributed by atoms with E-state index in [0.29, 0.717) is 33.9 Å². The van der Waals surface area contributed by atoms with E-state index in [0.717, 1.165) is 0 Å². The first kappa shape index (κ1) is 15.8. The Labute approximate surface area is 141 Å². The molecule has 0 radical (unpaired) electrons. The van der Waals surface area contributed by atoms with E-state index >= 15 is 0 Å². The molecule has 120 valence electrons. The zero-order valence-electron chi connectivity index (χ0n) is 12.8. The van der Waals surface area contributed by atoms with Gasteiger partial charge < -0.3 is 14.5 Å². The summed E-state index contributed by atoms with van der Waals surface area (Å²) in [5, 5.41) is 22.5. The van der Waals surface area contributed by atoms with E-state index in [4.69, 9.17) is 19.8 Å². The van der Waals surface area contributed by atoms with Crippen LogP contribution in [0.25, 0.3) is 11.0 Å². The number of nitrogens with one attached hydrogen (secondary N) is 2. The molecule has 0 aliphatic heterocycles. The first-order valence-corrected chi connectivity index (χ1v) is 8.05. The van der Waals surface area contributed by atoms with Gasteiger partial charge >= 0.3 is 0 Å². The molecular weight excluding hydrogens is 326 g/mol. The highest BCUT2D eigenvalue weighted by molar-refractivity contribution is 7.14. The van der Waals surface area contributed by atoms with Gasteiger partial charge in [0.05, 0.1) is 12.2 Å². The third-order valence-corrected chi connectivity index (χ3v) is 4.15. The number of hydrogen-bond acceptors (Lipinski definition) is 6. The minimum atomic E-state index is -0.494. The Kier molecular flexibility index (Phi) is 4.31. The summed E-state index contributed by atoms with van der Waals surface area (Å²) in [7, 11) is 0. The van der Waals surface area contributed by atoms with E-state index in [1.807, 2.05) is 13.0 Å². The highest BCUT2D eigenvalue weighted by atomic mass is 32.1. The summed E-state index contributed by atoms with van der Waals surface area (Å²) in [6, 6.07) is 10.5. The number of thiophene rings is 1. The smallest absolute Gasteiger partial charge is 0.261 e. The van der Waals surface area contributed by atoms with Crippen LogP contribution in [0, 0.1) is 16.7 Å². The van der Waals surface area contributed by atoms with Crippen molar-refractivity contribution in [2.45, 2.75) is 6.92 Å². The van der Waals surface area contributed by atoms with Gasteiger partial charge in [0, 0.05) is 5.39 Å². The largest absolute Gasteiger partial charge is 0.490 e. The Morgan fingerprint density at radius 3 is 3.04 bits per heavy atom.